The molecule has 5 nitrogen and oxygen atoms in total. The normalized spacial score (nSPS) is 12.9. The van der Waals surface area contributed by atoms with Gasteiger partial charge in [-0.3, -0.25) is 5.84 Å². The lowest BCUT2D eigenvalue weighted by molar-refractivity contribution is 0.164. The van der Waals surface area contributed by atoms with Crippen molar-refractivity contribution >= 4 is 21.8 Å². The predicted octanol–water partition coefficient (Wildman–Crippen LogP) is 3.00. The Morgan fingerprint density at radius 3 is 1.96 bits per heavy atom. The molecule has 5 N–H and O–H groups in total. The van der Waals surface area contributed by atoms with Gasteiger partial charge in [-0.25, -0.2) is 5.01 Å². The molecule has 0 aliphatic rings. The molecule has 4 rings (SSSR count). The van der Waals surface area contributed by atoms with E-state index in [-0.39, 0.29) is 6.04 Å². The largest absolute Gasteiger partial charge is 0.339 e. The summed E-state index contributed by atoms with van der Waals surface area (Å²) >= 11 is 0. The molecule has 0 aliphatic carbocycles. The molecule has 3 aromatic carbocycles. The van der Waals surface area contributed by atoms with Crippen molar-refractivity contribution in [2.45, 2.75) is 19.1 Å². The molecule has 0 radical (unpaired) electrons. The van der Waals surface area contributed by atoms with Crippen LogP contribution in [0.4, 0.5) is 0 Å². The third-order valence-corrected chi connectivity index (χ3v) is 4.95. The minimum absolute atomic E-state index is 0.0658. The standard InChI is InChI=1S/C22H25N5/c23-18(15-26(25-24)14-17-8-2-1-3-9-17)16-27-21-12-6-4-10-19(21)20-11-5-7-13-22(20)27/h1-13,18,25H,14-16,23-24H2. The number of fused-ring (bicyclic) bond motifs is 3. The summed E-state index contributed by atoms with van der Waals surface area (Å²) in [5, 5.41) is 4.48. The summed E-state index contributed by atoms with van der Waals surface area (Å²) in [5.41, 5.74) is 12.9. The number of nitrogens with one attached hydrogen (secondary N) is 1. The number of hydrazine groups is 2. The van der Waals surface area contributed by atoms with E-state index in [1.165, 1.54) is 27.4 Å². The summed E-state index contributed by atoms with van der Waals surface area (Å²) in [5.74, 6) is 5.74. The van der Waals surface area contributed by atoms with Gasteiger partial charge < -0.3 is 10.3 Å². The van der Waals surface area contributed by atoms with Crippen molar-refractivity contribution in [2.24, 2.45) is 11.6 Å². The highest BCUT2D eigenvalue weighted by molar-refractivity contribution is 6.07. The van der Waals surface area contributed by atoms with Crippen molar-refractivity contribution in [3.63, 3.8) is 0 Å². The zero-order valence-corrected chi connectivity index (χ0v) is 15.3. The molecule has 1 unspecified atom stereocenters. The summed E-state index contributed by atoms with van der Waals surface area (Å²) in [6.07, 6.45) is 0. The Kier molecular flexibility index (Phi) is 5.18. The van der Waals surface area contributed by atoms with Gasteiger partial charge in [0.05, 0.1) is 0 Å². The van der Waals surface area contributed by atoms with Crippen LogP contribution in [0.3, 0.4) is 0 Å². The smallest absolute Gasteiger partial charge is 0.0491 e. The van der Waals surface area contributed by atoms with Gasteiger partial charge >= 0.3 is 0 Å². The number of hydrogen-bond donors (Lipinski definition) is 3. The van der Waals surface area contributed by atoms with Crippen LogP contribution in [0.15, 0.2) is 78.9 Å². The van der Waals surface area contributed by atoms with E-state index in [4.69, 9.17) is 11.6 Å². The van der Waals surface area contributed by atoms with Crippen LogP contribution in [0.2, 0.25) is 0 Å². The van der Waals surface area contributed by atoms with E-state index in [0.29, 0.717) is 13.1 Å². The average molecular weight is 359 g/mol. The SMILES string of the molecule is NNN(Cc1ccccc1)CC(N)Cn1c2ccccc2c2ccccc21. The predicted molar refractivity (Wildman–Crippen MR) is 112 cm³/mol. The van der Waals surface area contributed by atoms with Gasteiger partial charge in [-0.05, 0) is 17.7 Å². The Hall–Kier alpha value is -2.70. The van der Waals surface area contributed by atoms with E-state index in [9.17, 15) is 0 Å². The second kappa shape index (κ2) is 7.90. The van der Waals surface area contributed by atoms with Gasteiger partial charge in [-0.2, -0.15) is 5.53 Å². The minimum Gasteiger partial charge on any atom is -0.339 e. The third-order valence-electron chi connectivity index (χ3n) is 4.95. The van der Waals surface area contributed by atoms with Crippen molar-refractivity contribution in [1.82, 2.24) is 15.1 Å². The van der Waals surface area contributed by atoms with E-state index < -0.39 is 0 Å². The highest BCUT2D eigenvalue weighted by Gasteiger charge is 2.15. The van der Waals surface area contributed by atoms with Crippen LogP contribution in [-0.2, 0) is 13.1 Å². The fraction of sp³-hybridized carbons (Fsp3) is 0.182. The summed E-state index contributed by atoms with van der Waals surface area (Å²) < 4.78 is 2.31. The molecular weight excluding hydrogens is 334 g/mol. The van der Waals surface area contributed by atoms with Gasteiger partial charge in [0.2, 0.25) is 0 Å². The topological polar surface area (TPSA) is 72.2 Å². The fourth-order valence-corrected chi connectivity index (χ4v) is 3.74. The number of rotatable bonds is 7. The number of benzene rings is 3. The summed E-state index contributed by atoms with van der Waals surface area (Å²) in [6, 6.07) is 27.1. The van der Waals surface area contributed by atoms with E-state index in [1.54, 1.807) is 0 Å². The van der Waals surface area contributed by atoms with E-state index in [2.05, 4.69) is 70.8 Å². The number of hydrogen-bond acceptors (Lipinski definition) is 4. The minimum atomic E-state index is -0.0658. The average Bonchev–Trinajstić information content (AvgIpc) is 3.02. The first-order valence-electron chi connectivity index (χ1n) is 9.23. The van der Waals surface area contributed by atoms with Crippen LogP contribution >= 0.6 is 0 Å². The first kappa shape index (κ1) is 17.7. The Labute approximate surface area is 159 Å². The second-order valence-electron chi connectivity index (χ2n) is 6.90. The van der Waals surface area contributed by atoms with Crippen LogP contribution in [0.25, 0.3) is 21.8 Å². The van der Waals surface area contributed by atoms with Gasteiger partial charge in [-0.15, -0.1) is 0 Å². The Morgan fingerprint density at radius 2 is 1.37 bits per heavy atom. The van der Waals surface area contributed by atoms with Gasteiger partial charge in [-0.1, -0.05) is 66.7 Å². The van der Waals surface area contributed by atoms with E-state index in [1.807, 2.05) is 23.2 Å². The molecule has 138 valence electrons. The lowest BCUT2D eigenvalue weighted by atomic mass is 10.2. The van der Waals surface area contributed by atoms with Crippen LogP contribution in [0, 0.1) is 0 Å². The van der Waals surface area contributed by atoms with Crippen LogP contribution in [-0.4, -0.2) is 22.2 Å². The Morgan fingerprint density at radius 1 is 0.815 bits per heavy atom. The molecule has 0 saturated heterocycles. The maximum absolute atomic E-state index is 6.52. The van der Waals surface area contributed by atoms with Crippen molar-refractivity contribution in [2.75, 3.05) is 6.54 Å². The van der Waals surface area contributed by atoms with Crippen molar-refractivity contribution in [1.29, 1.82) is 0 Å². The van der Waals surface area contributed by atoms with Crippen LogP contribution in [0.1, 0.15) is 5.56 Å². The zero-order valence-electron chi connectivity index (χ0n) is 15.3. The lowest BCUT2D eigenvalue weighted by Crippen LogP contribution is -2.49. The highest BCUT2D eigenvalue weighted by atomic mass is 15.6. The van der Waals surface area contributed by atoms with Gasteiger partial charge in [0.15, 0.2) is 0 Å². The number of nitrogens with zero attached hydrogens (tertiary/aromatic N) is 2. The maximum Gasteiger partial charge on any atom is 0.0491 e. The number of nitrogens with two attached hydrogens (primary N) is 2. The lowest BCUT2D eigenvalue weighted by Gasteiger charge is -2.25. The molecule has 0 aliphatic heterocycles. The van der Waals surface area contributed by atoms with Crippen LogP contribution < -0.4 is 17.1 Å². The zero-order chi connectivity index (χ0) is 18.6. The van der Waals surface area contributed by atoms with E-state index in [0.717, 1.165) is 6.54 Å². The Balaban J connectivity index is 1.56. The summed E-state index contributed by atoms with van der Waals surface area (Å²) in [4.78, 5) is 0. The molecule has 1 heterocycles. The molecule has 0 bridgehead atoms. The molecule has 5 heteroatoms. The first-order valence-corrected chi connectivity index (χ1v) is 9.23. The molecule has 27 heavy (non-hydrogen) atoms. The molecule has 1 atom stereocenters. The van der Waals surface area contributed by atoms with Gasteiger partial charge in [0.25, 0.3) is 0 Å². The highest BCUT2D eigenvalue weighted by Crippen LogP contribution is 2.28. The number of para-hydroxylation sites is 2. The van der Waals surface area contributed by atoms with Crippen LogP contribution in [0.5, 0.6) is 0 Å². The molecule has 0 amide bonds. The quantitative estimate of drug-likeness (QED) is 0.350. The second-order valence-corrected chi connectivity index (χ2v) is 6.90. The number of aromatic nitrogens is 1. The molecule has 4 aromatic rings. The summed E-state index contributed by atoms with van der Waals surface area (Å²) in [7, 11) is 0. The molecular formula is C22H25N5. The van der Waals surface area contributed by atoms with Crippen molar-refractivity contribution in [3.8, 4) is 0 Å². The van der Waals surface area contributed by atoms with Crippen molar-refractivity contribution in [3.05, 3.63) is 84.4 Å². The molecule has 0 saturated carbocycles. The molecule has 1 aromatic heterocycles. The maximum atomic E-state index is 6.52. The molecule has 0 fully saturated rings. The first-order chi connectivity index (χ1) is 13.3. The van der Waals surface area contributed by atoms with Crippen molar-refractivity contribution < 1.29 is 0 Å². The monoisotopic (exact) mass is 359 g/mol. The van der Waals surface area contributed by atoms with Gasteiger partial charge in [0, 0.05) is 47.5 Å². The third kappa shape index (κ3) is 3.72. The van der Waals surface area contributed by atoms with E-state index >= 15 is 0 Å². The molecule has 0 spiro atoms. The van der Waals surface area contributed by atoms with Gasteiger partial charge in [0.1, 0.15) is 0 Å². The Bertz CT molecular complexity index is 971. The summed E-state index contributed by atoms with van der Waals surface area (Å²) in [6.45, 7) is 2.07. The fourth-order valence-electron chi connectivity index (χ4n) is 3.74.